The van der Waals surface area contributed by atoms with Gasteiger partial charge < -0.3 is 10.3 Å². The van der Waals surface area contributed by atoms with Crippen molar-refractivity contribution in [2.45, 2.75) is 33.2 Å². The van der Waals surface area contributed by atoms with Gasteiger partial charge in [0, 0.05) is 23.6 Å². The highest BCUT2D eigenvalue weighted by atomic mass is 35.5. The van der Waals surface area contributed by atoms with E-state index in [1.54, 1.807) is 0 Å². The van der Waals surface area contributed by atoms with E-state index in [0.29, 0.717) is 0 Å². The molecule has 98 valence electrons. The molecule has 0 spiro atoms. The molecule has 3 heteroatoms. The van der Waals surface area contributed by atoms with Crippen molar-refractivity contribution < 1.29 is 0 Å². The van der Waals surface area contributed by atoms with Crippen LogP contribution in [0.25, 0.3) is 10.9 Å². The largest absolute Gasteiger partial charge is 0.346 e. The molecule has 0 amide bonds. The molecule has 0 radical (unpaired) electrons. The Morgan fingerprint density at radius 1 is 1.28 bits per heavy atom. The maximum absolute atomic E-state index is 6.23. The Balaban J connectivity index is 2.09. The molecule has 0 unspecified atom stereocenters. The number of aryl methyl sites for hydroxylation is 1. The molecule has 0 aliphatic carbocycles. The molecule has 0 aliphatic heterocycles. The minimum atomic E-state index is 0.229. The topological polar surface area (TPSA) is 30.9 Å². The van der Waals surface area contributed by atoms with Crippen molar-refractivity contribution in [3.8, 4) is 0 Å². The van der Waals surface area contributed by atoms with Gasteiger partial charge in [0.2, 0.25) is 0 Å². The summed E-state index contributed by atoms with van der Waals surface area (Å²) >= 11 is 6.23. The number of rotatable bonds is 5. The molecule has 0 saturated carbocycles. The maximum Gasteiger partial charge on any atom is 0.0661 e. The molecule has 0 bridgehead atoms. The summed E-state index contributed by atoms with van der Waals surface area (Å²) in [4.78, 5) is 0. The summed E-state index contributed by atoms with van der Waals surface area (Å²) in [6.07, 6.45) is 4.29. The van der Waals surface area contributed by atoms with E-state index >= 15 is 0 Å². The van der Waals surface area contributed by atoms with E-state index in [4.69, 9.17) is 17.3 Å². The first-order valence-corrected chi connectivity index (χ1v) is 6.85. The zero-order valence-corrected chi connectivity index (χ0v) is 11.9. The van der Waals surface area contributed by atoms with Gasteiger partial charge in [0.15, 0.2) is 0 Å². The van der Waals surface area contributed by atoms with Gasteiger partial charge in [-0.25, -0.2) is 0 Å². The number of hydrogen-bond acceptors (Lipinski definition) is 1. The Hall–Kier alpha value is -0.990. The van der Waals surface area contributed by atoms with Crippen LogP contribution in [0, 0.1) is 5.41 Å². The van der Waals surface area contributed by atoms with Crippen LogP contribution in [-0.2, 0) is 6.54 Å². The number of hydrogen-bond donors (Lipinski definition) is 1. The van der Waals surface area contributed by atoms with Gasteiger partial charge in [-0.3, -0.25) is 0 Å². The minimum Gasteiger partial charge on any atom is -0.346 e. The van der Waals surface area contributed by atoms with Crippen LogP contribution in [0.4, 0.5) is 0 Å². The minimum absolute atomic E-state index is 0.229. The molecular weight excluding hydrogens is 244 g/mol. The average molecular weight is 265 g/mol. The van der Waals surface area contributed by atoms with E-state index in [-0.39, 0.29) is 5.41 Å². The van der Waals surface area contributed by atoms with Gasteiger partial charge >= 0.3 is 0 Å². The molecule has 0 atom stereocenters. The molecule has 1 aromatic carbocycles. The van der Waals surface area contributed by atoms with Gasteiger partial charge in [-0.1, -0.05) is 43.6 Å². The maximum atomic E-state index is 6.23. The molecule has 1 aromatic heterocycles. The summed E-state index contributed by atoms with van der Waals surface area (Å²) in [6, 6.07) is 8.27. The van der Waals surface area contributed by atoms with Gasteiger partial charge in [-0.15, -0.1) is 0 Å². The standard InChI is InChI=1S/C15H21ClN2/c1-15(2,11-17)8-5-9-18-10-13(16)12-6-3-4-7-14(12)18/h3-4,6-7,10H,5,8-9,11,17H2,1-2H3. The van der Waals surface area contributed by atoms with Crippen molar-refractivity contribution in [1.29, 1.82) is 0 Å². The molecule has 0 aliphatic rings. The molecule has 0 saturated heterocycles. The van der Waals surface area contributed by atoms with Crippen LogP contribution in [0.1, 0.15) is 26.7 Å². The molecule has 2 aromatic rings. The summed E-state index contributed by atoms with van der Waals surface area (Å²) in [7, 11) is 0. The van der Waals surface area contributed by atoms with Crippen LogP contribution in [0.5, 0.6) is 0 Å². The smallest absolute Gasteiger partial charge is 0.0661 e. The number of fused-ring (bicyclic) bond motifs is 1. The van der Waals surface area contributed by atoms with Crippen molar-refractivity contribution in [2.75, 3.05) is 6.54 Å². The molecule has 2 rings (SSSR count). The van der Waals surface area contributed by atoms with Crippen molar-refractivity contribution >= 4 is 22.5 Å². The number of benzene rings is 1. The third-order valence-corrected chi connectivity index (χ3v) is 3.85. The molecule has 2 nitrogen and oxygen atoms in total. The summed E-state index contributed by atoms with van der Waals surface area (Å²) in [5, 5.41) is 1.97. The van der Waals surface area contributed by atoms with E-state index < -0.39 is 0 Å². The van der Waals surface area contributed by atoms with Crippen molar-refractivity contribution in [1.82, 2.24) is 4.57 Å². The van der Waals surface area contributed by atoms with Gasteiger partial charge in [-0.2, -0.15) is 0 Å². The zero-order chi connectivity index (χ0) is 13.2. The van der Waals surface area contributed by atoms with Crippen LogP contribution in [0.15, 0.2) is 30.5 Å². The van der Waals surface area contributed by atoms with Gasteiger partial charge in [-0.05, 0) is 30.9 Å². The second kappa shape index (κ2) is 5.33. The summed E-state index contributed by atoms with van der Waals surface area (Å²) in [5.74, 6) is 0. The van der Waals surface area contributed by atoms with E-state index in [2.05, 4.69) is 36.6 Å². The Morgan fingerprint density at radius 2 is 2.00 bits per heavy atom. The van der Waals surface area contributed by atoms with E-state index in [9.17, 15) is 0 Å². The number of aromatic nitrogens is 1. The number of halogens is 1. The lowest BCUT2D eigenvalue weighted by molar-refractivity contribution is 0.328. The second-order valence-corrected chi connectivity index (χ2v) is 6.07. The lowest BCUT2D eigenvalue weighted by atomic mass is 9.88. The van der Waals surface area contributed by atoms with E-state index in [1.807, 2.05) is 12.3 Å². The fourth-order valence-corrected chi connectivity index (χ4v) is 2.49. The summed E-state index contributed by atoms with van der Waals surface area (Å²) in [6.45, 7) is 6.17. The van der Waals surface area contributed by atoms with Crippen LogP contribution >= 0.6 is 11.6 Å². The average Bonchev–Trinajstić information content (AvgIpc) is 2.67. The monoisotopic (exact) mass is 264 g/mol. The second-order valence-electron chi connectivity index (χ2n) is 5.66. The normalized spacial score (nSPS) is 12.2. The van der Waals surface area contributed by atoms with Crippen LogP contribution in [-0.4, -0.2) is 11.1 Å². The predicted octanol–water partition coefficient (Wildman–Crippen LogP) is 4.06. The number of para-hydroxylation sites is 1. The third kappa shape index (κ3) is 2.88. The highest BCUT2D eigenvalue weighted by Crippen LogP contribution is 2.27. The van der Waals surface area contributed by atoms with Crippen LogP contribution < -0.4 is 5.73 Å². The molecule has 18 heavy (non-hydrogen) atoms. The SMILES string of the molecule is CC(C)(CN)CCCn1cc(Cl)c2ccccc21. The van der Waals surface area contributed by atoms with Crippen molar-refractivity contribution in [3.05, 3.63) is 35.5 Å². The van der Waals surface area contributed by atoms with Crippen molar-refractivity contribution in [3.63, 3.8) is 0 Å². The molecule has 1 heterocycles. The van der Waals surface area contributed by atoms with E-state index in [1.165, 1.54) is 5.52 Å². The lowest BCUT2D eigenvalue weighted by Gasteiger charge is -2.22. The van der Waals surface area contributed by atoms with Gasteiger partial charge in [0.25, 0.3) is 0 Å². The first kappa shape index (κ1) is 13.4. The fraction of sp³-hybridized carbons (Fsp3) is 0.467. The zero-order valence-electron chi connectivity index (χ0n) is 11.1. The number of nitrogens with two attached hydrogens (primary N) is 1. The summed E-state index contributed by atoms with van der Waals surface area (Å²) in [5.41, 5.74) is 7.20. The highest BCUT2D eigenvalue weighted by molar-refractivity contribution is 6.35. The van der Waals surface area contributed by atoms with E-state index in [0.717, 1.165) is 36.3 Å². The van der Waals surface area contributed by atoms with Crippen molar-refractivity contribution in [2.24, 2.45) is 11.1 Å². The molecular formula is C15H21ClN2. The third-order valence-electron chi connectivity index (χ3n) is 3.55. The highest BCUT2D eigenvalue weighted by Gasteiger charge is 2.15. The Morgan fingerprint density at radius 3 is 2.72 bits per heavy atom. The molecule has 0 fully saturated rings. The Kier molecular flexibility index (Phi) is 3.98. The molecule has 2 N–H and O–H groups in total. The quantitative estimate of drug-likeness (QED) is 0.867. The first-order valence-electron chi connectivity index (χ1n) is 6.47. The Labute approximate surface area is 114 Å². The summed E-state index contributed by atoms with van der Waals surface area (Å²) < 4.78 is 2.24. The van der Waals surface area contributed by atoms with Crippen LogP contribution in [0.2, 0.25) is 5.02 Å². The van der Waals surface area contributed by atoms with Gasteiger partial charge in [0.1, 0.15) is 0 Å². The first-order chi connectivity index (χ1) is 8.53. The fourth-order valence-electron chi connectivity index (χ4n) is 2.22. The van der Waals surface area contributed by atoms with Crippen LogP contribution in [0.3, 0.4) is 0 Å². The van der Waals surface area contributed by atoms with Gasteiger partial charge in [0.05, 0.1) is 5.02 Å². The Bertz CT molecular complexity index is 528. The lowest BCUT2D eigenvalue weighted by Crippen LogP contribution is -2.23. The predicted molar refractivity (Wildman–Crippen MR) is 79.0 cm³/mol. The number of nitrogens with zero attached hydrogens (tertiary/aromatic N) is 1.